The number of anilines is 2. The monoisotopic (exact) mass is 314 g/mol. The first-order valence-corrected chi connectivity index (χ1v) is 8.36. The Bertz CT molecular complexity index is 526. The maximum absolute atomic E-state index is 11.7. The number of nitrogens with zero attached hydrogens (tertiary/aromatic N) is 2. The Kier molecular flexibility index (Phi) is 5.17. The van der Waals surface area contributed by atoms with E-state index in [-0.39, 0.29) is 6.03 Å². The molecule has 0 aliphatic rings. The van der Waals surface area contributed by atoms with Crippen molar-refractivity contribution in [2.24, 2.45) is 0 Å². The Balaban J connectivity index is 1.87. The van der Waals surface area contributed by atoms with Crippen molar-refractivity contribution in [2.75, 3.05) is 10.6 Å². The highest BCUT2D eigenvalue weighted by Gasteiger charge is 2.11. The molecule has 0 saturated carbocycles. The summed E-state index contributed by atoms with van der Waals surface area (Å²) in [5, 5.41) is 17.1. The Morgan fingerprint density at radius 2 is 2.32 bits per heavy atom. The summed E-state index contributed by atoms with van der Waals surface area (Å²) < 4.78 is 0.876. The molecule has 2 rings (SSSR count). The van der Waals surface area contributed by atoms with Crippen LogP contribution in [-0.4, -0.2) is 21.5 Å². The number of nitrogens with one attached hydrogen (secondary N) is 2. The first-order chi connectivity index (χ1) is 9.17. The van der Waals surface area contributed by atoms with Gasteiger partial charge in [-0.1, -0.05) is 36.9 Å². The lowest BCUT2D eigenvalue weighted by Gasteiger charge is -2.03. The summed E-state index contributed by atoms with van der Waals surface area (Å²) in [6.07, 6.45) is 1.08. The lowest BCUT2D eigenvalue weighted by Crippen LogP contribution is -2.18. The maximum atomic E-state index is 11.7. The average molecular weight is 314 g/mol. The molecular weight excluding hydrogens is 300 g/mol. The highest BCUT2D eigenvalue weighted by molar-refractivity contribution is 8.01. The van der Waals surface area contributed by atoms with Crippen molar-refractivity contribution >= 4 is 50.6 Å². The van der Waals surface area contributed by atoms with Crippen molar-refractivity contribution in [2.45, 2.75) is 29.9 Å². The fourth-order valence-corrected chi connectivity index (χ4v) is 3.76. The van der Waals surface area contributed by atoms with E-state index < -0.39 is 0 Å². The SMILES string of the molecule is CC[C@H](C)Sc1nnc(NC(=O)Nc2cccs2)s1. The minimum Gasteiger partial charge on any atom is -0.299 e. The second-order valence-electron chi connectivity index (χ2n) is 3.77. The first kappa shape index (κ1) is 14.3. The minimum absolute atomic E-state index is 0.293. The molecule has 2 heterocycles. The van der Waals surface area contributed by atoms with E-state index in [4.69, 9.17) is 0 Å². The van der Waals surface area contributed by atoms with Crippen LogP contribution in [0.3, 0.4) is 0 Å². The molecule has 0 aliphatic heterocycles. The van der Waals surface area contributed by atoms with Crippen molar-refractivity contribution < 1.29 is 4.79 Å². The Labute approximate surface area is 123 Å². The second-order valence-corrected chi connectivity index (χ2v) is 7.38. The number of aromatic nitrogens is 2. The lowest BCUT2D eigenvalue weighted by molar-refractivity contribution is 0.262. The van der Waals surface area contributed by atoms with Gasteiger partial charge in [0.05, 0.1) is 5.00 Å². The third kappa shape index (κ3) is 4.48. The van der Waals surface area contributed by atoms with Crippen LogP contribution >= 0.6 is 34.4 Å². The standard InChI is InChI=1S/C11H14N4OS3/c1-3-7(2)18-11-15-14-10(19-11)13-9(16)12-8-5-4-6-17-8/h4-7H,3H2,1-2H3,(H2,12,13,14,16)/t7-/m0/s1. The Morgan fingerprint density at radius 1 is 1.47 bits per heavy atom. The first-order valence-electron chi connectivity index (χ1n) is 5.79. The molecule has 0 aromatic carbocycles. The normalized spacial score (nSPS) is 12.1. The molecular formula is C11H14N4OS3. The van der Waals surface area contributed by atoms with Gasteiger partial charge in [-0.05, 0) is 23.9 Å². The summed E-state index contributed by atoms with van der Waals surface area (Å²) in [6.45, 7) is 4.27. The third-order valence-corrected chi connectivity index (χ3v) is 5.24. The van der Waals surface area contributed by atoms with Crippen molar-refractivity contribution in [3.63, 3.8) is 0 Å². The number of urea groups is 1. The van der Waals surface area contributed by atoms with Gasteiger partial charge < -0.3 is 0 Å². The van der Waals surface area contributed by atoms with Crippen LogP contribution in [0.2, 0.25) is 0 Å². The molecule has 0 saturated heterocycles. The molecule has 8 heteroatoms. The van der Waals surface area contributed by atoms with Crippen LogP contribution in [0, 0.1) is 0 Å². The number of carbonyl (C=O) groups excluding carboxylic acids is 1. The zero-order valence-corrected chi connectivity index (χ0v) is 13.0. The molecule has 2 N–H and O–H groups in total. The molecule has 102 valence electrons. The molecule has 0 bridgehead atoms. The molecule has 19 heavy (non-hydrogen) atoms. The number of hydrogen-bond donors (Lipinski definition) is 2. The largest absolute Gasteiger partial charge is 0.326 e. The van der Waals surface area contributed by atoms with Gasteiger partial charge >= 0.3 is 6.03 Å². The van der Waals surface area contributed by atoms with Gasteiger partial charge in [0.15, 0.2) is 4.34 Å². The summed E-state index contributed by atoms with van der Waals surface area (Å²) in [7, 11) is 0. The van der Waals surface area contributed by atoms with Gasteiger partial charge in [0.2, 0.25) is 5.13 Å². The van der Waals surface area contributed by atoms with Gasteiger partial charge in [0.1, 0.15) is 0 Å². The van der Waals surface area contributed by atoms with E-state index >= 15 is 0 Å². The van der Waals surface area contributed by atoms with Crippen LogP contribution in [0.1, 0.15) is 20.3 Å². The molecule has 5 nitrogen and oxygen atoms in total. The number of amides is 2. The van der Waals surface area contributed by atoms with Crippen LogP contribution < -0.4 is 10.6 Å². The summed E-state index contributed by atoms with van der Waals surface area (Å²) in [5.74, 6) is 0. The number of thiophene rings is 1. The highest BCUT2D eigenvalue weighted by Crippen LogP contribution is 2.30. The van der Waals surface area contributed by atoms with E-state index in [2.05, 4.69) is 34.7 Å². The molecule has 2 aromatic heterocycles. The highest BCUT2D eigenvalue weighted by atomic mass is 32.2. The predicted octanol–water partition coefficient (Wildman–Crippen LogP) is 4.13. The molecule has 1 atom stereocenters. The second kappa shape index (κ2) is 6.88. The third-order valence-electron chi connectivity index (χ3n) is 2.26. The maximum Gasteiger partial charge on any atom is 0.326 e. The summed E-state index contributed by atoms with van der Waals surface area (Å²) in [6, 6.07) is 3.43. The van der Waals surface area contributed by atoms with E-state index in [0.29, 0.717) is 10.4 Å². The van der Waals surface area contributed by atoms with Crippen molar-refractivity contribution in [1.82, 2.24) is 10.2 Å². The van der Waals surface area contributed by atoms with E-state index in [1.165, 1.54) is 22.7 Å². The lowest BCUT2D eigenvalue weighted by atomic mass is 10.4. The fraction of sp³-hybridized carbons (Fsp3) is 0.364. The number of rotatable bonds is 5. The zero-order valence-electron chi connectivity index (χ0n) is 10.5. The number of hydrogen-bond acceptors (Lipinski definition) is 6. The van der Waals surface area contributed by atoms with Crippen LogP contribution in [0.25, 0.3) is 0 Å². The zero-order chi connectivity index (χ0) is 13.7. The molecule has 2 aromatic rings. The van der Waals surface area contributed by atoms with E-state index in [1.807, 2.05) is 17.5 Å². The van der Waals surface area contributed by atoms with Crippen LogP contribution in [0.4, 0.5) is 14.9 Å². The fourth-order valence-electron chi connectivity index (χ4n) is 1.15. The molecule has 0 aliphatic carbocycles. The molecule has 0 fully saturated rings. The molecule has 0 unspecified atom stereocenters. The van der Waals surface area contributed by atoms with Crippen LogP contribution in [-0.2, 0) is 0 Å². The van der Waals surface area contributed by atoms with Crippen molar-refractivity contribution in [1.29, 1.82) is 0 Å². The van der Waals surface area contributed by atoms with Crippen LogP contribution in [0.5, 0.6) is 0 Å². The average Bonchev–Trinajstić information content (AvgIpc) is 3.01. The summed E-state index contributed by atoms with van der Waals surface area (Å²) >= 11 is 4.53. The van der Waals surface area contributed by atoms with Gasteiger partial charge in [-0.3, -0.25) is 10.6 Å². The van der Waals surface area contributed by atoms with Gasteiger partial charge in [0, 0.05) is 5.25 Å². The van der Waals surface area contributed by atoms with E-state index in [1.54, 1.807) is 11.8 Å². The summed E-state index contributed by atoms with van der Waals surface area (Å²) in [5.41, 5.74) is 0. The van der Waals surface area contributed by atoms with Gasteiger partial charge in [-0.2, -0.15) is 0 Å². The predicted molar refractivity (Wildman–Crippen MR) is 82.5 cm³/mol. The molecule has 0 radical (unpaired) electrons. The van der Waals surface area contributed by atoms with Crippen molar-refractivity contribution in [3.05, 3.63) is 17.5 Å². The van der Waals surface area contributed by atoms with E-state index in [9.17, 15) is 4.79 Å². The quantitative estimate of drug-likeness (QED) is 0.643. The smallest absolute Gasteiger partial charge is 0.299 e. The minimum atomic E-state index is -0.293. The summed E-state index contributed by atoms with van der Waals surface area (Å²) in [4.78, 5) is 11.7. The molecule has 2 amide bonds. The number of carbonyl (C=O) groups is 1. The molecule has 0 spiro atoms. The van der Waals surface area contributed by atoms with Crippen molar-refractivity contribution in [3.8, 4) is 0 Å². The van der Waals surface area contributed by atoms with Gasteiger partial charge in [0.25, 0.3) is 0 Å². The van der Waals surface area contributed by atoms with Gasteiger partial charge in [-0.25, -0.2) is 4.79 Å². The Morgan fingerprint density at radius 3 is 3.00 bits per heavy atom. The topological polar surface area (TPSA) is 66.9 Å². The van der Waals surface area contributed by atoms with Crippen LogP contribution in [0.15, 0.2) is 21.9 Å². The number of thioether (sulfide) groups is 1. The van der Waals surface area contributed by atoms with E-state index in [0.717, 1.165) is 15.8 Å². The van der Waals surface area contributed by atoms with Gasteiger partial charge in [-0.15, -0.1) is 21.5 Å². The Hall–Kier alpha value is -1.12.